The van der Waals surface area contributed by atoms with E-state index in [-0.39, 0.29) is 6.10 Å². The van der Waals surface area contributed by atoms with E-state index in [0.717, 1.165) is 30.7 Å². The predicted molar refractivity (Wildman–Crippen MR) is 59.8 cm³/mol. The van der Waals surface area contributed by atoms with Crippen molar-refractivity contribution in [3.8, 4) is 0 Å². The van der Waals surface area contributed by atoms with E-state index in [1.54, 1.807) is 18.4 Å². The molecule has 1 aromatic rings. The average molecular weight is 214 g/mol. The number of thiophene rings is 1. The summed E-state index contributed by atoms with van der Waals surface area (Å²) in [6.45, 7) is 2.84. The summed E-state index contributed by atoms with van der Waals surface area (Å²) in [5.41, 5.74) is 1.28. The smallest absolute Gasteiger partial charge is 0.0885 e. The second-order valence-electron chi connectivity index (χ2n) is 3.31. The van der Waals surface area contributed by atoms with Crippen LogP contribution in [0.5, 0.6) is 0 Å². The number of aryl methyl sites for hydroxylation is 1. The van der Waals surface area contributed by atoms with Crippen LogP contribution >= 0.6 is 11.3 Å². The van der Waals surface area contributed by atoms with Crippen LogP contribution in [0.15, 0.2) is 11.4 Å². The second-order valence-corrected chi connectivity index (χ2v) is 4.26. The second kappa shape index (κ2) is 6.17. The number of hydrogen-bond donors (Lipinski definition) is 1. The monoisotopic (exact) mass is 214 g/mol. The average Bonchev–Trinajstić information content (AvgIpc) is 2.65. The Hall–Kier alpha value is -0.380. The molecule has 0 saturated carbocycles. The summed E-state index contributed by atoms with van der Waals surface area (Å²) in [4.78, 5) is 1.13. The standard InChI is InChI=1S/C11H18O2S/c1-3-9-6-8-14-11(9)10(12)5-4-7-13-2/h6,8,10,12H,3-5,7H2,1-2H3. The van der Waals surface area contributed by atoms with Gasteiger partial charge >= 0.3 is 0 Å². The lowest BCUT2D eigenvalue weighted by Crippen LogP contribution is -2.00. The van der Waals surface area contributed by atoms with Gasteiger partial charge in [-0.3, -0.25) is 0 Å². The van der Waals surface area contributed by atoms with Gasteiger partial charge in [-0.25, -0.2) is 0 Å². The van der Waals surface area contributed by atoms with Gasteiger partial charge < -0.3 is 9.84 Å². The van der Waals surface area contributed by atoms with Gasteiger partial charge in [-0.15, -0.1) is 11.3 Å². The van der Waals surface area contributed by atoms with Gasteiger partial charge in [-0.05, 0) is 36.3 Å². The first-order valence-electron chi connectivity index (χ1n) is 5.02. The third-order valence-corrected chi connectivity index (χ3v) is 3.35. The number of rotatable bonds is 6. The molecule has 0 bridgehead atoms. The molecule has 1 heterocycles. The number of methoxy groups -OCH3 is 1. The highest BCUT2D eigenvalue weighted by atomic mass is 32.1. The molecular formula is C11H18O2S. The molecule has 1 atom stereocenters. The maximum Gasteiger partial charge on any atom is 0.0885 e. The van der Waals surface area contributed by atoms with Gasteiger partial charge in [0.25, 0.3) is 0 Å². The van der Waals surface area contributed by atoms with E-state index in [4.69, 9.17) is 4.74 Å². The topological polar surface area (TPSA) is 29.5 Å². The lowest BCUT2D eigenvalue weighted by atomic mass is 10.1. The maximum atomic E-state index is 9.90. The van der Waals surface area contributed by atoms with E-state index in [9.17, 15) is 5.11 Å². The molecule has 0 radical (unpaired) electrons. The van der Waals surface area contributed by atoms with E-state index in [2.05, 4.69) is 13.0 Å². The quantitative estimate of drug-likeness (QED) is 0.738. The van der Waals surface area contributed by atoms with Gasteiger partial charge in [0.1, 0.15) is 0 Å². The highest BCUT2D eigenvalue weighted by Gasteiger charge is 2.12. The molecule has 0 aliphatic carbocycles. The van der Waals surface area contributed by atoms with E-state index in [1.165, 1.54) is 5.56 Å². The van der Waals surface area contributed by atoms with E-state index < -0.39 is 0 Å². The Labute approximate surface area is 89.5 Å². The van der Waals surface area contributed by atoms with Crippen LogP contribution in [0, 0.1) is 0 Å². The van der Waals surface area contributed by atoms with Gasteiger partial charge in [0.15, 0.2) is 0 Å². The molecule has 0 spiro atoms. The van der Waals surface area contributed by atoms with Gasteiger partial charge in [-0.1, -0.05) is 6.92 Å². The van der Waals surface area contributed by atoms with Crippen molar-refractivity contribution in [1.82, 2.24) is 0 Å². The zero-order chi connectivity index (χ0) is 10.4. The largest absolute Gasteiger partial charge is 0.388 e. The fourth-order valence-corrected chi connectivity index (χ4v) is 2.50. The fourth-order valence-electron chi connectivity index (χ4n) is 1.48. The third kappa shape index (κ3) is 3.08. The Bertz CT molecular complexity index is 258. The normalized spacial score (nSPS) is 13.1. The van der Waals surface area contributed by atoms with Crippen molar-refractivity contribution >= 4 is 11.3 Å². The van der Waals surface area contributed by atoms with Crippen LogP contribution in [-0.4, -0.2) is 18.8 Å². The molecule has 3 heteroatoms. The Morgan fingerprint density at radius 2 is 2.36 bits per heavy atom. The number of hydrogen-bond acceptors (Lipinski definition) is 3. The van der Waals surface area contributed by atoms with Crippen LogP contribution in [0.1, 0.15) is 36.3 Å². The van der Waals surface area contributed by atoms with Crippen molar-refractivity contribution < 1.29 is 9.84 Å². The highest BCUT2D eigenvalue weighted by molar-refractivity contribution is 7.10. The number of ether oxygens (including phenoxy) is 1. The van der Waals surface area contributed by atoms with Gasteiger partial charge in [0.2, 0.25) is 0 Å². The molecule has 0 aliphatic rings. The predicted octanol–water partition coefficient (Wildman–Crippen LogP) is 2.77. The van der Waals surface area contributed by atoms with Crippen LogP contribution in [-0.2, 0) is 11.2 Å². The van der Waals surface area contributed by atoms with Crippen LogP contribution in [0.25, 0.3) is 0 Å². The van der Waals surface area contributed by atoms with Crippen LogP contribution in [0.2, 0.25) is 0 Å². The first kappa shape index (κ1) is 11.7. The molecule has 14 heavy (non-hydrogen) atoms. The minimum absolute atomic E-state index is 0.305. The van der Waals surface area contributed by atoms with Crippen molar-refractivity contribution in [3.63, 3.8) is 0 Å². The summed E-state index contributed by atoms with van der Waals surface area (Å²) in [6.07, 6.45) is 2.40. The Morgan fingerprint density at radius 3 is 3.00 bits per heavy atom. The van der Waals surface area contributed by atoms with E-state index in [0.29, 0.717) is 0 Å². The van der Waals surface area contributed by atoms with Crippen molar-refractivity contribution in [1.29, 1.82) is 0 Å². The number of aliphatic hydroxyl groups is 1. The summed E-state index contributed by atoms with van der Waals surface area (Å²) in [5, 5.41) is 12.0. The zero-order valence-electron chi connectivity index (χ0n) is 8.82. The van der Waals surface area contributed by atoms with Gasteiger partial charge in [-0.2, -0.15) is 0 Å². The first-order chi connectivity index (χ1) is 6.79. The summed E-state index contributed by atoms with van der Waals surface area (Å²) in [6, 6.07) is 2.10. The summed E-state index contributed by atoms with van der Waals surface area (Å²) in [5.74, 6) is 0. The summed E-state index contributed by atoms with van der Waals surface area (Å²) in [7, 11) is 1.69. The summed E-state index contributed by atoms with van der Waals surface area (Å²) < 4.78 is 4.96. The fraction of sp³-hybridized carbons (Fsp3) is 0.636. The van der Waals surface area contributed by atoms with Gasteiger partial charge in [0.05, 0.1) is 6.10 Å². The Morgan fingerprint density at radius 1 is 1.57 bits per heavy atom. The lowest BCUT2D eigenvalue weighted by molar-refractivity contribution is 0.138. The third-order valence-electron chi connectivity index (χ3n) is 2.29. The Balaban J connectivity index is 2.47. The molecule has 80 valence electrons. The minimum atomic E-state index is -0.305. The Kier molecular flexibility index (Phi) is 5.15. The molecule has 0 fully saturated rings. The van der Waals surface area contributed by atoms with Crippen molar-refractivity contribution in [3.05, 3.63) is 21.9 Å². The maximum absolute atomic E-state index is 9.90. The highest BCUT2D eigenvalue weighted by Crippen LogP contribution is 2.27. The molecule has 0 aliphatic heterocycles. The molecular weight excluding hydrogens is 196 g/mol. The van der Waals surface area contributed by atoms with Crippen molar-refractivity contribution in [2.45, 2.75) is 32.3 Å². The van der Waals surface area contributed by atoms with E-state index >= 15 is 0 Å². The molecule has 0 saturated heterocycles. The van der Waals surface area contributed by atoms with Crippen molar-refractivity contribution in [2.24, 2.45) is 0 Å². The minimum Gasteiger partial charge on any atom is -0.388 e. The van der Waals surface area contributed by atoms with Crippen LogP contribution in [0.4, 0.5) is 0 Å². The SMILES string of the molecule is CCc1ccsc1C(O)CCCOC. The molecule has 0 amide bonds. The van der Waals surface area contributed by atoms with Crippen LogP contribution < -0.4 is 0 Å². The van der Waals surface area contributed by atoms with E-state index in [1.807, 2.05) is 5.38 Å². The lowest BCUT2D eigenvalue weighted by Gasteiger charge is -2.10. The number of aliphatic hydroxyl groups excluding tert-OH is 1. The molecule has 2 nitrogen and oxygen atoms in total. The zero-order valence-corrected chi connectivity index (χ0v) is 9.64. The molecule has 0 aromatic carbocycles. The molecule has 1 aromatic heterocycles. The van der Waals surface area contributed by atoms with Crippen molar-refractivity contribution in [2.75, 3.05) is 13.7 Å². The summed E-state index contributed by atoms with van der Waals surface area (Å²) >= 11 is 1.65. The van der Waals surface area contributed by atoms with Gasteiger partial charge in [0, 0.05) is 18.6 Å². The van der Waals surface area contributed by atoms with Crippen LogP contribution in [0.3, 0.4) is 0 Å². The first-order valence-corrected chi connectivity index (χ1v) is 5.90. The molecule has 1 unspecified atom stereocenters. The molecule has 1 N–H and O–H groups in total. The molecule has 1 rings (SSSR count).